The quantitative estimate of drug-likeness (QED) is 0.656. The molecule has 0 unspecified atom stereocenters. The average molecular weight is 331 g/mol. The summed E-state index contributed by atoms with van der Waals surface area (Å²) in [5, 5.41) is 5.56. The Hall–Kier alpha value is -2.21. The number of anilines is 1. The number of para-hydroxylation sites is 1. The van der Waals surface area contributed by atoms with Crippen molar-refractivity contribution in [2.75, 3.05) is 26.1 Å². The molecule has 0 bridgehead atoms. The number of thiazole rings is 1. The molecule has 0 radical (unpaired) electrons. The van der Waals surface area contributed by atoms with E-state index < -0.39 is 0 Å². The van der Waals surface area contributed by atoms with Crippen molar-refractivity contribution >= 4 is 22.1 Å². The Morgan fingerprint density at radius 3 is 2.87 bits per heavy atom. The molecule has 2 heterocycles. The van der Waals surface area contributed by atoms with E-state index in [0.717, 1.165) is 41.4 Å². The van der Waals surface area contributed by atoms with Crippen LogP contribution in [0.3, 0.4) is 0 Å². The molecule has 3 aromatic rings. The van der Waals surface area contributed by atoms with Crippen molar-refractivity contribution in [1.29, 1.82) is 0 Å². The molecule has 1 aromatic carbocycles. The Morgan fingerprint density at radius 1 is 1.26 bits per heavy atom. The van der Waals surface area contributed by atoms with Crippen LogP contribution in [0, 0.1) is 0 Å². The first-order valence-corrected chi connectivity index (χ1v) is 8.58. The fourth-order valence-corrected chi connectivity index (χ4v) is 3.31. The molecular formula is C17H21N3O2S. The predicted octanol–water partition coefficient (Wildman–Crippen LogP) is 4.29. The third-order valence-corrected chi connectivity index (χ3v) is 4.50. The van der Waals surface area contributed by atoms with Crippen LogP contribution in [-0.2, 0) is 0 Å². The van der Waals surface area contributed by atoms with Crippen molar-refractivity contribution in [1.82, 2.24) is 9.38 Å². The van der Waals surface area contributed by atoms with Crippen LogP contribution < -0.4 is 14.8 Å². The number of ether oxygens (including phenoxy) is 2. The first-order chi connectivity index (χ1) is 11.3. The van der Waals surface area contributed by atoms with E-state index in [2.05, 4.69) is 16.6 Å². The van der Waals surface area contributed by atoms with Gasteiger partial charge in [-0.25, -0.2) is 4.98 Å². The molecule has 122 valence electrons. The number of aromatic nitrogens is 2. The number of hydrogen-bond donors (Lipinski definition) is 1. The van der Waals surface area contributed by atoms with Gasteiger partial charge in [0.2, 0.25) is 0 Å². The van der Waals surface area contributed by atoms with E-state index in [1.165, 1.54) is 0 Å². The number of nitrogens with zero attached hydrogens (tertiary/aromatic N) is 2. The fourth-order valence-electron chi connectivity index (χ4n) is 2.60. The van der Waals surface area contributed by atoms with E-state index in [4.69, 9.17) is 14.5 Å². The molecule has 6 heteroatoms. The van der Waals surface area contributed by atoms with Crippen LogP contribution in [0.1, 0.15) is 19.8 Å². The van der Waals surface area contributed by atoms with Crippen LogP contribution in [-0.4, -0.2) is 30.1 Å². The van der Waals surface area contributed by atoms with Crippen molar-refractivity contribution < 1.29 is 9.47 Å². The molecule has 23 heavy (non-hydrogen) atoms. The van der Waals surface area contributed by atoms with Crippen LogP contribution in [0.15, 0.2) is 29.8 Å². The van der Waals surface area contributed by atoms with E-state index in [9.17, 15) is 0 Å². The number of nitrogens with one attached hydrogen (secondary N) is 1. The van der Waals surface area contributed by atoms with Gasteiger partial charge in [0.1, 0.15) is 11.5 Å². The second-order valence-corrected chi connectivity index (χ2v) is 6.06. The van der Waals surface area contributed by atoms with Gasteiger partial charge in [0.05, 0.1) is 14.2 Å². The largest absolute Gasteiger partial charge is 0.493 e. The summed E-state index contributed by atoms with van der Waals surface area (Å²) in [5.74, 6) is 2.42. The summed E-state index contributed by atoms with van der Waals surface area (Å²) >= 11 is 1.62. The highest BCUT2D eigenvalue weighted by atomic mass is 32.1. The minimum Gasteiger partial charge on any atom is -0.493 e. The maximum Gasteiger partial charge on any atom is 0.195 e. The fraction of sp³-hybridized carbons (Fsp3) is 0.353. The van der Waals surface area contributed by atoms with Crippen LogP contribution in [0.25, 0.3) is 16.2 Å². The Morgan fingerprint density at radius 2 is 2.13 bits per heavy atom. The average Bonchev–Trinajstić information content (AvgIpc) is 3.16. The number of benzene rings is 1. The van der Waals surface area contributed by atoms with Crippen molar-refractivity contribution in [3.63, 3.8) is 0 Å². The standard InChI is InChI=1S/C17H21N3O2S/c1-4-5-9-18-16-14(19-17-20(16)10-11-23-17)12-7-6-8-13(21-2)15(12)22-3/h6-8,10-11,18H,4-5,9H2,1-3H3. The smallest absolute Gasteiger partial charge is 0.195 e. The van der Waals surface area contributed by atoms with E-state index >= 15 is 0 Å². The van der Waals surface area contributed by atoms with Gasteiger partial charge < -0.3 is 14.8 Å². The highest BCUT2D eigenvalue weighted by Crippen LogP contribution is 2.41. The molecule has 0 atom stereocenters. The molecule has 0 aliphatic rings. The molecule has 0 aliphatic heterocycles. The number of methoxy groups -OCH3 is 2. The van der Waals surface area contributed by atoms with Gasteiger partial charge in [-0.1, -0.05) is 19.4 Å². The molecule has 3 rings (SSSR count). The van der Waals surface area contributed by atoms with Crippen molar-refractivity contribution in [3.8, 4) is 22.8 Å². The van der Waals surface area contributed by atoms with Crippen molar-refractivity contribution in [2.45, 2.75) is 19.8 Å². The van der Waals surface area contributed by atoms with Crippen molar-refractivity contribution in [3.05, 3.63) is 29.8 Å². The minimum atomic E-state index is 0.708. The Balaban J connectivity index is 2.12. The maximum atomic E-state index is 5.58. The number of unbranched alkanes of at least 4 members (excludes halogenated alkanes) is 1. The van der Waals surface area contributed by atoms with Crippen LogP contribution in [0.4, 0.5) is 5.82 Å². The molecule has 0 fully saturated rings. The molecule has 5 nitrogen and oxygen atoms in total. The number of fused-ring (bicyclic) bond motifs is 1. The number of hydrogen-bond acceptors (Lipinski definition) is 5. The number of rotatable bonds is 7. The van der Waals surface area contributed by atoms with Crippen LogP contribution >= 0.6 is 11.3 Å². The summed E-state index contributed by atoms with van der Waals surface area (Å²) in [6.45, 7) is 3.10. The SMILES string of the molecule is CCCCNc1c(-c2cccc(OC)c2OC)nc2sccn12. The third-order valence-electron chi connectivity index (χ3n) is 3.74. The topological polar surface area (TPSA) is 47.8 Å². The Bertz CT molecular complexity index is 794. The lowest BCUT2D eigenvalue weighted by atomic mass is 10.1. The van der Waals surface area contributed by atoms with Gasteiger partial charge in [-0.05, 0) is 18.6 Å². The normalized spacial score (nSPS) is 10.9. The number of imidazole rings is 1. The molecule has 0 amide bonds. The van der Waals surface area contributed by atoms with Crippen molar-refractivity contribution in [2.24, 2.45) is 0 Å². The van der Waals surface area contributed by atoms with E-state index in [1.807, 2.05) is 29.8 Å². The Labute approximate surface area is 139 Å². The van der Waals surface area contributed by atoms with Gasteiger partial charge in [-0.15, -0.1) is 11.3 Å². The molecular weight excluding hydrogens is 310 g/mol. The van der Waals surface area contributed by atoms with Gasteiger partial charge in [0.25, 0.3) is 0 Å². The summed E-state index contributed by atoms with van der Waals surface area (Å²) in [7, 11) is 3.30. The predicted molar refractivity (Wildman–Crippen MR) is 95.0 cm³/mol. The lowest BCUT2D eigenvalue weighted by molar-refractivity contribution is 0.356. The van der Waals surface area contributed by atoms with Crippen LogP contribution in [0.5, 0.6) is 11.5 Å². The zero-order valence-electron chi connectivity index (χ0n) is 13.6. The molecule has 0 saturated heterocycles. The summed E-state index contributed by atoms with van der Waals surface area (Å²) in [6.07, 6.45) is 4.31. The van der Waals surface area contributed by atoms with E-state index in [1.54, 1.807) is 25.6 Å². The maximum absolute atomic E-state index is 5.58. The molecule has 0 spiro atoms. The monoisotopic (exact) mass is 331 g/mol. The summed E-state index contributed by atoms with van der Waals surface area (Å²) in [4.78, 5) is 5.75. The summed E-state index contributed by atoms with van der Waals surface area (Å²) in [6, 6.07) is 5.86. The van der Waals surface area contributed by atoms with Gasteiger partial charge in [0.15, 0.2) is 16.5 Å². The molecule has 0 aliphatic carbocycles. The second-order valence-electron chi connectivity index (χ2n) is 5.19. The second kappa shape index (κ2) is 6.91. The van der Waals surface area contributed by atoms with Gasteiger partial charge in [-0.2, -0.15) is 0 Å². The lowest BCUT2D eigenvalue weighted by Crippen LogP contribution is -2.04. The van der Waals surface area contributed by atoms with Gasteiger partial charge in [-0.3, -0.25) is 4.40 Å². The zero-order valence-corrected chi connectivity index (χ0v) is 14.4. The minimum absolute atomic E-state index is 0.708. The zero-order chi connectivity index (χ0) is 16.2. The lowest BCUT2D eigenvalue weighted by Gasteiger charge is -2.13. The first kappa shape index (κ1) is 15.7. The summed E-state index contributed by atoms with van der Waals surface area (Å²) < 4.78 is 13.1. The Kier molecular flexibility index (Phi) is 4.71. The molecule has 2 aromatic heterocycles. The highest BCUT2D eigenvalue weighted by molar-refractivity contribution is 7.15. The van der Waals surface area contributed by atoms with Crippen LogP contribution in [0.2, 0.25) is 0 Å². The molecule has 1 N–H and O–H groups in total. The van der Waals surface area contributed by atoms with Gasteiger partial charge in [0, 0.05) is 23.7 Å². The first-order valence-electron chi connectivity index (χ1n) is 7.71. The van der Waals surface area contributed by atoms with E-state index in [0.29, 0.717) is 11.5 Å². The van der Waals surface area contributed by atoms with E-state index in [-0.39, 0.29) is 0 Å². The van der Waals surface area contributed by atoms with Gasteiger partial charge >= 0.3 is 0 Å². The third kappa shape index (κ3) is 2.86. The molecule has 0 saturated carbocycles. The summed E-state index contributed by atoms with van der Waals surface area (Å²) in [5.41, 5.74) is 1.82. The highest BCUT2D eigenvalue weighted by Gasteiger charge is 2.20.